The third kappa shape index (κ3) is 2.58. The number of nitrogens with two attached hydrogens (primary N) is 1. The van der Waals surface area contributed by atoms with Gasteiger partial charge >= 0.3 is 0 Å². The minimum Gasteiger partial charge on any atom is -0.398 e. The number of sulfonamides is 1. The summed E-state index contributed by atoms with van der Waals surface area (Å²) < 4.78 is 30.9. The number of hydrogen-bond acceptors (Lipinski definition) is 5. The number of ether oxygens (including phenoxy) is 1. The smallest absolute Gasteiger partial charge is 0.242 e. The fraction of sp³-hybridized carbons (Fsp3) is 0.455. The second kappa shape index (κ2) is 5.13. The van der Waals surface area contributed by atoms with Crippen molar-refractivity contribution in [3.63, 3.8) is 0 Å². The van der Waals surface area contributed by atoms with Crippen molar-refractivity contribution in [1.29, 1.82) is 0 Å². The molecule has 0 unspecified atom stereocenters. The van der Waals surface area contributed by atoms with Crippen molar-refractivity contribution in [3.8, 4) is 0 Å². The number of nitrogens with zero attached hydrogens (tertiary/aromatic N) is 1. The summed E-state index contributed by atoms with van der Waals surface area (Å²) in [6.07, 6.45) is 0. The molecule has 1 aromatic rings. The van der Waals surface area contributed by atoms with E-state index < -0.39 is 10.0 Å². The van der Waals surface area contributed by atoms with Gasteiger partial charge in [0.25, 0.3) is 0 Å². The summed E-state index contributed by atoms with van der Waals surface area (Å²) in [5, 5.41) is 0. The molecule has 0 spiro atoms. The van der Waals surface area contributed by atoms with Crippen molar-refractivity contribution in [2.24, 2.45) is 0 Å². The normalized spacial score (nSPS) is 16.8. The zero-order valence-electron chi connectivity index (χ0n) is 10.2. The van der Waals surface area contributed by atoms with Gasteiger partial charge in [-0.05, 0) is 25.2 Å². The molecule has 1 heterocycles. The second-order valence-corrected chi connectivity index (χ2v) is 5.88. The van der Waals surface area contributed by atoms with E-state index in [0.717, 1.165) is 18.8 Å². The van der Waals surface area contributed by atoms with E-state index in [1.54, 1.807) is 12.1 Å². The van der Waals surface area contributed by atoms with Gasteiger partial charge in [0.15, 0.2) is 0 Å². The molecule has 0 radical (unpaired) electrons. The number of hydrogen-bond donors (Lipinski definition) is 2. The Kier molecular flexibility index (Phi) is 3.74. The molecule has 0 amide bonds. The molecule has 2 rings (SSSR count). The highest BCUT2D eigenvalue weighted by atomic mass is 32.2. The molecule has 0 bridgehead atoms. The van der Waals surface area contributed by atoms with Crippen LogP contribution in [0.2, 0.25) is 0 Å². The molecule has 1 aliphatic heterocycles. The fourth-order valence-corrected chi connectivity index (χ4v) is 2.75. The highest BCUT2D eigenvalue weighted by Gasteiger charge is 2.17. The number of anilines is 2. The van der Waals surface area contributed by atoms with Crippen molar-refractivity contribution in [2.45, 2.75) is 4.90 Å². The molecule has 7 heteroatoms. The van der Waals surface area contributed by atoms with Crippen LogP contribution in [0, 0.1) is 0 Å². The monoisotopic (exact) mass is 271 g/mol. The number of benzene rings is 1. The lowest BCUT2D eigenvalue weighted by Gasteiger charge is -2.29. The van der Waals surface area contributed by atoms with Gasteiger partial charge < -0.3 is 15.4 Å². The first kappa shape index (κ1) is 13.1. The molecule has 1 aromatic carbocycles. The van der Waals surface area contributed by atoms with E-state index >= 15 is 0 Å². The zero-order valence-corrected chi connectivity index (χ0v) is 11.0. The van der Waals surface area contributed by atoms with Crippen molar-refractivity contribution >= 4 is 21.4 Å². The third-order valence-corrected chi connectivity index (χ3v) is 4.42. The van der Waals surface area contributed by atoms with E-state index in [1.807, 2.05) is 0 Å². The summed E-state index contributed by atoms with van der Waals surface area (Å²) in [5.74, 6) is 0. The average molecular weight is 271 g/mol. The van der Waals surface area contributed by atoms with Crippen LogP contribution in [0.5, 0.6) is 0 Å². The number of rotatable bonds is 3. The lowest BCUT2D eigenvalue weighted by atomic mass is 10.2. The van der Waals surface area contributed by atoms with Gasteiger partial charge in [0.05, 0.1) is 18.9 Å². The summed E-state index contributed by atoms with van der Waals surface area (Å²) in [6.45, 7) is 2.93. The maximum Gasteiger partial charge on any atom is 0.242 e. The summed E-state index contributed by atoms with van der Waals surface area (Å²) in [4.78, 5) is 2.23. The first-order valence-corrected chi connectivity index (χ1v) is 7.18. The van der Waals surface area contributed by atoms with Gasteiger partial charge in [0, 0.05) is 18.8 Å². The Bertz CT molecular complexity index is 524. The summed E-state index contributed by atoms with van der Waals surface area (Å²) in [6, 6.07) is 4.99. The molecule has 1 fully saturated rings. The van der Waals surface area contributed by atoms with Crippen LogP contribution >= 0.6 is 0 Å². The molecule has 100 valence electrons. The van der Waals surface area contributed by atoms with Gasteiger partial charge in [0.2, 0.25) is 10.0 Å². The maximum atomic E-state index is 11.7. The minimum absolute atomic E-state index is 0.113. The minimum atomic E-state index is -3.49. The molecule has 6 nitrogen and oxygen atoms in total. The van der Waals surface area contributed by atoms with Gasteiger partial charge in [-0.3, -0.25) is 0 Å². The Hall–Kier alpha value is -1.31. The Morgan fingerprint density at radius 3 is 2.56 bits per heavy atom. The lowest BCUT2D eigenvalue weighted by Crippen LogP contribution is -2.36. The molecule has 18 heavy (non-hydrogen) atoms. The van der Waals surface area contributed by atoms with Crippen LogP contribution in [0.15, 0.2) is 23.1 Å². The van der Waals surface area contributed by atoms with Gasteiger partial charge in [-0.25, -0.2) is 13.1 Å². The molecule has 1 aliphatic rings. The van der Waals surface area contributed by atoms with E-state index in [-0.39, 0.29) is 10.6 Å². The van der Waals surface area contributed by atoms with Crippen LogP contribution in [-0.2, 0) is 14.8 Å². The Balaban J connectivity index is 2.30. The highest BCUT2D eigenvalue weighted by Crippen LogP contribution is 2.25. The summed E-state index contributed by atoms with van der Waals surface area (Å²) in [7, 11) is -2.13. The number of nitrogens with one attached hydrogen (secondary N) is 1. The van der Waals surface area contributed by atoms with E-state index in [4.69, 9.17) is 10.5 Å². The van der Waals surface area contributed by atoms with Crippen LogP contribution in [0.4, 0.5) is 11.4 Å². The summed E-state index contributed by atoms with van der Waals surface area (Å²) >= 11 is 0. The third-order valence-electron chi connectivity index (χ3n) is 2.93. The van der Waals surface area contributed by atoms with Crippen LogP contribution in [0.1, 0.15) is 0 Å². The first-order chi connectivity index (χ1) is 8.54. The average Bonchev–Trinajstić information content (AvgIpc) is 2.39. The largest absolute Gasteiger partial charge is 0.398 e. The fourth-order valence-electron chi connectivity index (χ4n) is 1.91. The standard InChI is InChI=1S/C11H17N3O3S/c1-13-18(15,16)11-3-2-9(8-10(11)12)14-4-6-17-7-5-14/h2-3,8,13H,4-7,12H2,1H3. The van der Waals surface area contributed by atoms with Crippen molar-refractivity contribution in [2.75, 3.05) is 44.0 Å². The molecule has 0 aliphatic carbocycles. The molecule has 0 atom stereocenters. The van der Waals surface area contributed by atoms with Gasteiger partial charge in [-0.1, -0.05) is 0 Å². The Morgan fingerprint density at radius 2 is 2.00 bits per heavy atom. The van der Waals surface area contributed by atoms with Crippen LogP contribution < -0.4 is 15.4 Å². The van der Waals surface area contributed by atoms with Crippen molar-refractivity contribution < 1.29 is 13.2 Å². The van der Waals surface area contributed by atoms with Gasteiger partial charge in [0.1, 0.15) is 4.90 Å². The number of nitrogen functional groups attached to an aromatic ring is 1. The van der Waals surface area contributed by atoms with Crippen molar-refractivity contribution in [1.82, 2.24) is 4.72 Å². The van der Waals surface area contributed by atoms with Gasteiger partial charge in [-0.2, -0.15) is 0 Å². The van der Waals surface area contributed by atoms with E-state index in [2.05, 4.69) is 9.62 Å². The SMILES string of the molecule is CNS(=O)(=O)c1ccc(N2CCOCC2)cc1N. The van der Waals surface area contributed by atoms with E-state index in [1.165, 1.54) is 13.1 Å². The van der Waals surface area contributed by atoms with Gasteiger partial charge in [-0.15, -0.1) is 0 Å². The second-order valence-electron chi connectivity index (χ2n) is 4.03. The lowest BCUT2D eigenvalue weighted by molar-refractivity contribution is 0.122. The van der Waals surface area contributed by atoms with Crippen LogP contribution in [0.3, 0.4) is 0 Å². The predicted molar refractivity (Wildman–Crippen MR) is 70.1 cm³/mol. The van der Waals surface area contributed by atoms with E-state index in [9.17, 15) is 8.42 Å². The quantitative estimate of drug-likeness (QED) is 0.757. The maximum absolute atomic E-state index is 11.7. The molecular weight excluding hydrogens is 254 g/mol. The first-order valence-electron chi connectivity index (χ1n) is 5.70. The zero-order chi connectivity index (χ0) is 13.2. The number of morpholine rings is 1. The topological polar surface area (TPSA) is 84.7 Å². The molecular formula is C11H17N3O3S. The predicted octanol–water partition coefficient (Wildman–Crippen LogP) is 0.0135. The molecule has 1 saturated heterocycles. The van der Waals surface area contributed by atoms with Crippen LogP contribution in [-0.4, -0.2) is 41.8 Å². The van der Waals surface area contributed by atoms with E-state index in [0.29, 0.717) is 13.2 Å². The highest BCUT2D eigenvalue weighted by molar-refractivity contribution is 7.89. The molecule has 3 N–H and O–H groups in total. The Morgan fingerprint density at radius 1 is 1.33 bits per heavy atom. The summed E-state index contributed by atoms with van der Waals surface area (Å²) in [5.41, 5.74) is 6.99. The van der Waals surface area contributed by atoms with Crippen molar-refractivity contribution in [3.05, 3.63) is 18.2 Å². The Labute approximate surface area is 107 Å². The van der Waals surface area contributed by atoms with Crippen LogP contribution in [0.25, 0.3) is 0 Å². The molecule has 0 aromatic heterocycles. The molecule has 0 saturated carbocycles.